The molecular formula is C20H23F3N4O. The van der Waals surface area contributed by atoms with Crippen LogP contribution in [0.5, 0.6) is 0 Å². The Kier molecular flexibility index (Phi) is 6.41. The van der Waals surface area contributed by atoms with Crippen molar-refractivity contribution in [2.75, 3.05) is 55.3 Å². The summed E-state index contributed by atoms with van der Waals surface area (Å²) >= 11 is 0. The van der Waals surface area contributed by atoms with Gasteiger partial charge in [0, 0.05) is 50.5 Å². The molecule has 0 atom stereocenters. The first-order valence-electron chi connectivity index (χ1n) is 9.15. The van der Waals surface area contributed by atoms with Crippen LogP contribution in [0.1, 0.15) is 6.42 Å². The van der Waals surface area contributed by atoms with Crippen LogP contribution >= 0.6 is 0 Å². The molecule has 0 aromatic heterocycles. The summed E-state index contributed by atoms with van der Waals surface area (Å²) < 4.78 is 39.6. The standard InChI is InChI=1S/C20H23F3N4O/c1-26-10-12-27(13-11-26)15-4-2-14(3-5-15)25-18(28)8-9-24-17-7-6-16(21)19(22)20(17)23/h2-7,24H,8-13H2,1H3,(H,25,28). The van der Waals surface area contributed by atoms with Crippen LogP contribution in [0.3, 0.4) is 0 Å². The second kappa shape index (κ2) is 8.97. The Bertz CT molecular complexity index is 821. The maximum Gasteiger partial charge on any atom is 0.226 e. The van der Waals surface area contributed by atoms with E-state index in [1.807, 2.05) is 24.3 Å². The number of nitrogens with one attached hydrogen (secondary N) is 2. The lowest BCUT2D eigenvalue weighted by Crippen LogP contribution is -2.44. The molecule has 8 heteroatoms. The average molecular weight is 392 g/mol. The highest BCUT2D eigenvalue weighted by Crippen LogP contribution is 2.21. The molecule has 0 aliphatic carbocycles. The predicted octanol–water partition coefficient (Wildman–Crippen LogP) is 3.30. The molecule has 2 aromatic carbocycles. The molecule has 1 saturated heterocycles. The molecule has 28 heavy (non-hydrogen) atoms. The number of hydrogen-bond acceptors (Lipinski definition) is 4. The molecule has 1 aliphatic heterocycles. The van der Waals surface area contributed by atoms with Gasteiger partial charge in [-0.15, -0.1) is 0 Å². The summed E-state index contributed by atoms with van der Waals surface area (Å²) in [6.07, 6.45) is 0.0542. The zero-order valence-corrected chi connectivity index (χ0v) is 15.6. The topological polar surface area (TPSA) is 47.6 Å². The number of halogens is 3. The minimum absolute atomic E-state index is 0.0542. The number of benzene rings is 2. The number of rotatable bonds is 6. The van der Waals surface area contributed by atoms with Gasteiger partial charge in [0.05, 0.1) is 5.69 Å². The normalized spacial score (nSPS) is 14.8. The van der Waals surface area contributed by atoms with Gasteiger partial charge in [0.15, 0.2) is 17.5 Å². The maximum absolute atomic E-state index is 13.6. The van der Waals surface area contributed by atoms with Crippen LogP contribution in [0.15, 0.2) is 36.4 Å². The zero-order valence-electron chi connectivity index (χ0n) is 15.6. The van der Waals surface area contributed by atoms with Crippen LogP contribution in [0, 0.1) is 17.5 Å². The number of likely N-dealkylation sites (N-methyl/N-ethyl adjacent to an activating group) is 1. The van der Waals surface area contributed by atoms with Gasteiger partial charge in [0.1, 0.15) is 0 Å². The Balaban J connectivity index is 1.46. The third-order valence-corrected chi connectivity index (χ3v) is 4.72. The first kappa shape index (κ1) is 20.0. The molecule has 150 valence electrons. The fourth-order valence-electron chi connectivity index (χ4n) is 3.02. The summed E-state index contributed by atoms with van der Waals surface area (Å²) in [5.41, 5.74) is 1.60. The summed E-state index contributed by atoms with van der Waals surface area (Å²) in [5, 5.41) is 5.37. The molecule has 0 bridgehead atoms. The van der Waals surface area contributed by atoms with Crippen LogP contribution < -0.4 is 15.5 Å². The van der Waals surface area contributed by atoms with Crippen LogP contribution in [-0.2, 0) is 4.79 Å². The van der Waals surface area contributed by atoms with Gasteiger partial charge in [0.25, 0.3) is 0 Å². The number of anilines is 3. The second-order valence-corrected chi connectivity index (χ2v) is 6.79. The maximum atomic E-state index is 13.6. The van der Waals surface area contributed by atoms with Crippen LogP contribution in [0.25, 0.3) is 0 Å². The van der Waals surface area contributed by atoms with Gasteiger partial charge in [-0.25, -0.2) is 13.2 Å². The van der Waals surface area contributed by atoms with E-state index in [9.17, 15) is 18.0 Å². The molecule has 1 aliphatic rings. The van der Waals surface area contributed by atoms with Gasteiger partial charge < -0.3 is 20.4 Å². The van der Waals surface area contributed by atoms with Gasteiger partial charge in [-0.05, 0) is 43.4 Å². The molecule has 2 aromatic rings. The summed E-state index contributed by atoms with van der Waals surface area (Å²) in [6.45, 7) is 4.06. The highest BCUT2D eigenvalue weighted by atomic mass is 19.2. The van der Waals surface area contributed by atoms with Crippen LogP contribution in [0.2, 0.25) is 0 Å². The molecule has 5 nitrogen and oxygen atoms in total. The quantitative estimate of drug-likeness (QED) is 0.741. The van der Waals surface area contributed by atoms with Gasteiger partial charge in [-0.1, -0.05) is 0 Å². The molecular weight excluding hydrogens is 369 g/mol. The number of carbonyl (C=O) groups is 1. The second-order valence-electron chi connectivity index (χ2n) is 6.79. The van der Waals surface area contributed by atoms with Crippen molar-refractivity contribution >= 4 is 23.0 Å². The monoisotopic (exact) mass is 392 g/mol. The van der Waals surface area contributed by atoms with Crippen molar-refractivity contribution in [3.05, 3.63) is 53.8 Å². The Morgan fingerprint density at radius 2 is 1.64 bits per heavy atom. The van der Waals surface area contributed by atoms with Gasteiger partial charge in [-0.3, -0.25) is 4.79 Å². The number of piperazine rings is 1. The summed E-state index contributed by atoms with van der Waals surface area (Å²) in [7, 11) is 2.10. The van der Waals surface area contributed by atoms with E-state index in [1.54, 1.807) is 0 Å². The van der Waals surface area contributed by atoms with Crippen LogP contribution in [-0.4, -0.2) is 50.6 Å². The summed E-state index contributed by atoms with van der Waals surface area (Å²) in [4.78, 5) is 16.6. The highest BCUT2D eigenvalue weighted by molar-refractivity contribution is 5.91. The van der Waals surface area contributed by atoms with E-state index < -0.39 is 17.5 Å². The van der Waals surface area contributed by atoms with E-state index in [-0.39, 0.29) is 24.6 Å². The SMILES string of the molecule is CN1CCN(c2ccc(NC(=O)CCNc3ccc(F)c(F)c3F)cc2)CC1. The number of nitrogens with zero attached hydrogens (tertiary/aromatic N) is 2. The zero-order chi connectivity index (χ0) is 20.1. The fraction of sp³-hybridized carbons (Fsp3) is 0.350. The van der Waals surface area contributed by atoms with E-state index in [2.05, 4.69) is 27.5 Å². The lowest BCUT2D eigenvalue weighted by molar-refractivity contribution is -0.115. The molecule has 0 unspecified atom stereocenters. The van der Waals surface area contributed by atoms with E-state index in [4.69, 9.17) is 0 Å². The molecule has 1 fully saturated rings. The lowest BCUT2D eigenvalue weighted by Gasteiger charge is -2.34. The third-order valence-electron chi connectivity index (χ3n) is 4.72. The summed E-state index contributed by atoms with van der Waals surface area (Å²) in [6, 6.07) is 9.55. The average Bonchev–Trinajstić information content (AvgIpc) is 2.69. The minimum atomic E-state index is -1.53. The van der Waals surface area contributed by atoms with Gasteiger partial charge in [-0.2, -0.15) is 0 Å². The fourth-order valence-corrected chi connectivity index (χ4v) is 3.02. The van der Waals surface area contributed by atoms with Crippen molar-refractivity contribution in [2.24, 2.45) is 0 Å². The van der Waals surface area contributed by atoms with Crippen molar-refractivity contribution in [1.82, 2.24) is 4.90 Å². The number of carbonyl (C=O) groups excluding carboxylic acids is 1. The Labute approximate surface area is 162 Å². The Hall–Kier alpha value is -2.74. The molecule has 2 N–H and O–H groups in total. The summed E-state index contributed by atoms with van der Waals surface area (Å²) in [5.74, 6) is -4.33. The predicted molar refractivity (Wildman–Crippen MR) is 104 cm³/mol. The van der Waals surface area contributed by atoms with E-state index in [0.29, 0.717) is 5.69 Å². The van der Waals surface area contributed by atoms with Crippen LogP contribution in [0.4, 0.5) is 30.2 Å². The molecule has 1 amide bonds. The van der Waals surface area contributed by atoms with E-state index in [0.717, 1.165) is 44.0 Å². The first-order chi connectivity index (χ1) is 13.4. The Morgan fingerprint density at radius 3 is 2.32 bits per heavy atom. The smallest absolute Gasteiger partial charge is 0.226 e. The van der Waals surface area contributed by atoms with Gasteiger partial charge in [0.2, 0.25) is 5.91 Å². The first-order valence-corrected chi connectivity index (χ1v) is 9.15. The van der Waals surface area contributed by atoms with Crippen molar-refractivity contribution in [2.45, 2.75) is 6.42 Å². The third kappa shape index (κ3) is 4.95. The molecule has 0 spiro atoms. The van der Waals surface area contributed by atoms with E-state index in [1.165, 1.54) is 0 Å². The largest absolute Gasteiger partial charge is 0.382 e. The van der Waals surface area contributed by atoms with Crippen molar-refractivity contribution in [3.8, 4) is 0 Å². The minimum Gasteiger partial charge on any atom is -0.382 e. The molecule has 0 saturated carbocycles. The molecule has 0 radical (unpaired) electrons. The molecule has 1 heterocycles. The Morgan fingerprint density at radius 1 is 0.964 bits per heavy atom. The number of hydrogen-bond donors (Lipinski definition) is 2. The van der Waals surface area contributed by atoms with Crippen molar-refractivity contribution in [3.63, 3.8) is 0 Å². The lowest BCUT2D eigenvalue weighted by atomic mass is 10.2. The highest BCUT2D eigenvalue weighted by Gasteiger charge is 2.15. The van der Waals surface area contributed by atoms with Gasteiger partial charge >= 0.3 is 0 Å². The van der Waals surface area contributed by atoms with E-state index >= 15 is 0 Å². The number of amides is 1. The van der Waals surface area contributed by atoms with Crippen molar-refractivity contribution in [1.29, 1.82) is 0 Å². The molecule has 3 rings (SSSR count). The van der Waals surface area contributed by atoms with Crippen molar-refractivity contribution < 1.29 is 18.0 Å².